The van der Waals surface area contributed by atoms with Crippen molar-refractivity contribution in [3.63, 3.8) is 0 Å². The van der Waals surface area contributed by atoms with Crippen LogP contribution in [0.15, 0.2) is 36.4 Å². The lowest BCUT2D eigenvalue weighted by molar-refractivity contribution is 0.447. The molecule has 1 aliphatic carbocycles. The molecule has 0 heterocycles. The van der Waals surface area contributed by atoms with Crippen molar-refractivity contribution < 1.29 is 0 Å². The van der Waals surface area contributed by atoms with Crippen LogP contribution in [0.4, 0.5) is 0 Å². The van der Waals surface area contributed by atoms with Crippen LogP contribution in [0.2, 0.25) is 0 Å². The van der Waals surface area contributed by atoms with E-state index in [4.69, 9.17) is 0 Å². The predicted molar refractivity (Wildman–Crippen MR) is 75.4 cm³/mol. The van der Waals surface area contributed by atoms with Gasteiger partial charge in [-0.15, -0.1) is 0 Å². The zero-order valence-corrected chi connectivity index (χ0v) is 11.5. The molecule has 0 N–H and O–H groups in total. The lowest BCUT2D eigenvalue weighted by atomic mass is 9.73. The fourth-order valence-electron chi connectivity index (χ4n) is 2.51. The van der Waals surface area contributed by atoms with Crippen LogP contribution in [-0.2, 0) is 5.41 Å². The quantitative estimate of drug-likeness (QED) is 0.689. The Morgan fingerprint density at radius 1 is 0.882 bits per heavy atom. The van der Waals surface area contributed by atoms with Crippen molar-refractivity contribution in [1.82, 2.24) is 0 Å². The summed E-state index contributed by atoms with van der Waals surface area (Å²) in [5, 5.41) is 0. The first kappa shape index (κ1) is 12.2. The van der Waals surface area contributed by atoms with Crippen LogP contribution in [0.1, 0.15) is 36.1 Å². The van der Waals surface area contributed by atoms with Crippen LogP contribution >= 0.6 is 0 Å². The molecule has 0 heteroatoms. The largest absolute Gasteiger partial charge is 0.0768 e. The molecule has 0 saturated carbocycles. The third kappa shape index (κ3) is 2.09. The van der Waals surface area contributed by atoms with E-state index in [-0.39, 0.29) is 5.41 Å². The van der Waals surface area contributed by atoms with Gasteiger partial charge < -0.3 is 0 Å². The molecule has 0 saturated heterocycles. The molecule has 0 aromatic heterocycles. The molecule has 0 spiro atoms. The summed E-state index contributed by atoms with van der Waals surface area (Å²) >= 11 is 0. The molecule has 0 nitrogen and oxygen atoms in total. The van der Waals surface area contributed by atoms with Gasteiger partial charge in [0.2, 0.25) is 0 Å². The molecule has 1 aliphatic rings. The molecule has 0 unspecified atom stereocenters. The van der Waals surface area contributed by atoms with E-state index >= 15 is 0 Å². The fraction of sp³-hybridized carbons (Fsp3) is 0.412. The predicted octanol–water partition coefficient (Wildman–Crippen LogP) is 4.63. The second-order valence-electron chi connectivity index (χ2n) is 5.75. The number of rotatable bonds is 2. The first-order chi connectivity index (χ1) is 7.93. The Morgan fingerprint density at radius 3 is 1.82 bits per heavy atom. The topological polar surface area (TPSA) is 0 Å². The molecule has 0 atom stereocenters. The minimum atomic E-state index is 0.173. The lowest BCUT2D eigenvalue weighted by Gasteiger charge is -2.31. The molecule has 2 rings (SSSR count). The molecule has 90 valence electrons. The third-order valence-electron chi connectivity index (χ3n) is 4.25. The van der Waals surface area contributed by atoms with Gasteiger partial charge in [0.05, 0.1) is 0 Å². The van der Waals surface area contributed by atoms with E-state index in [0.29, 0.717) is 5.92 Å². The molecule has 0 aliphatic heterocycles. The van der Waals surface area contributed by atoms with Crippen LogP contribution in [-0.4, -0.2) is 0 Å². The summed E-state index contributed by atoms with van der Waals surface area (Å²) in [6.07, 6.45) is 8.90. The molecule has 0 bridgehead atoms. The summed E-state index contributed by atoms with van der Waals surface area (Å²) in [4.78, 5) is 0. The van der Waals surface area contributed by atoms with Crippen LogP contribution in [0.5, 0.6) is 0 Å². The van der Waals surface area contributed by atoms with Gasteiger partial charge in [0.15, 0.2) is 0 Å². The van der Waals surface area contributed by atoms with Crippen molar-refractivity contribution in [3.05, 3.63) is 58.7 Å². The molecular formula is C17H22. The first-order valence-corrected chi connectivity index (χ1v) is 6.36. The van der Waals surface area contributed by atoms with Crippen molar-refractivity contribution in [2.24, 2.45) is 5.92 Å². The maximum absolute atomic E-state index is 2.35. The van der Waals surface area contributed by atoms with E-state index in [1.54, 1.807) is 0 Å². The van der Waals surface area contributed by atoms with Crippen LogP contribution in [0.25, 0.3) is 0 Å². The molecule has 0 radical (unpaired) electrons. The van der Waals surface area contributed by atoms with Gasteiger partial charge >= 0.3 is 0 Å². The Kier molecular flexibility index (Phi) is 2.99. The van der Waals surface area contributed by atoms with E-state index in [0.717, 1.165) is 0 Å². The SMILES string of the molecule is Cc1cc(C(C)(C)C2C=CC=C2)cc(C)c1C. The summed E-state index contributed by atoms with van der Waals surface area (Å²) in [5.41, 5.74) is 5.84. The Balaban J connectivity index is 2.46. The lowest BCUT2D eigenvalue weighted by Crippen LogP contribution is -2.25. The van der Waals surface area contributed by atoms with Crippen molar-refractivity contribution >= 4 is 0 Å². The highest BCUT2D eigenvalue weighted by Crippen LogP contribution is 2.36. The number of allylic oxidation sites excluding steroid dienone is 4. The molecule has 0 amide bonds. The number of hydrogen-bond donors (Lipinski definition) is 0. The van der Waals surface area contributed by atoms with E-state index in [9.17, 15) is 0 Å². The number of benzene rings is 1. The van der Waals surface area contributed by atoms with Gasteiger partial charge in [0, 0.05) is 5.92 Å². The molecular weight excluding hydrogens is 204 g/mol. The summed E-state index contributed by atoms with van der Waals surface area (Å²) in [6.45, 7) is 11.3. The third-order valence-corrected chi connectivity index (χ3v) is 4.25. The monoisotopic (exact) mass is 226 g/mol. The molecule has 0 fully saturated rings. The van der Waals surface area contributed by atoms with Crippen molar-refractivity contribution in [1.29, 1.82) is 0 Å². The minimum absolute atomic E-state index is 0.173. The second-order valence-corrected chi connectivity index (χ2v) is 5.75. The van der Waals surface area contributed by atoms with Crippen LogP contribution in [0.3, 0.4) is 0 Å². The second kappa shape index (κ2) is 4.18. The average molecular weight is 226 g/mol. The maximum atomic E-state index is 2.35. The van der Waals surface area contributed by atoms with Gasteiger partial charge in [-0.05, 0) is 48.4 Å². The normalized spacial score (nSPS) is 15.8. The Bertz CT molecular complexity index is 452. The standard InChI is InChI=1S/C17H22/c1-12-10-16(11-13(2)14(12)3)17(4,5)15-8-6-7-9-15/h6-11,15H,1-5H3. The number of hydrogen-bond acceptors (Lipinski definition) is 0. The summed E-state index contributed by atoms with van der Waals surface area (Å²) in [7, 11) is 0. The van der Waals surface area contributed by atoms with Gasteiger partial charge in [-0.2, -0.15) is 0 Å². The Hall–Kier alpha value is -1.30. The Morgan fingerprint density at radius 2 is 1.35 bits per heavy atom. The summed E-state index contributed by atoms with van der Waals surface area (Å²) in [5.74, 6) is 0.518. The van der Waals surface area contributed by atoms with Gasteiger partial charge in [-0.3, -0.25) is 0 Å². The van der Waals surface area contributed by atoms with Crippen LogP contribution in [0, 0.1) is 26.7 Å². The molecule has 1 aromatic carbocycles. The molecule has 17 heavy (non-hydrogen) atoms. The highest BCUT2D eigenvalue weighted by atomic mass is 14.3. The molecule has 1 aromatic rings. The Labute approximate surface area is 105 Å². The van der Waals surface area contributed by atoms with E-state index < -0.39 is 0 Å². The van der Waals surface area contributed by atoms with Crippen molar-refractivity contribution in [2.45, 2.75) is 40.0 Å². The van der Waals surface area contributed by atoms with E-state index in [2.05, 4.69) is 71.1 Å². The van der Waals surface area contributed by atoms with Crippen LogP contribution < -0.4 is 0 Å². The van der Waals surface area contributed by atoms with Crippen molar-refractivity contribution in [2.75, 3.05) is 0 Å². The zero-order chi connectivity index (χ0) is 12.6. The fourth-order valence-corrected chi connectivity index (χ4v) is 2.51. The minimum Gasteiger partial charge on any atom is -0.0768 e. The smallest absolute Gasteiger partial charge is 0.00445 e. The van der Waals surface area contributed by atoms with Gasteiger partial charge in [0.1, 0.15) is 0 Å². The van der Waals surface area contributed by atoms with E-state index in [1.807, 2.05) is 0 Å². The van der Waals surface area contributed by atoms with Gasteiger partial charge in [0.25, 0.3) is 0 Å². The average Bonchev–Trinajstić information content (AvgIpc) is 2.79. The first-order valence-electron chi connectivity index (χ1n) is 6.36. The van der Waals surface area contributed by atoms with E-state index in [1.165, 1.54) is 22.3 Å². The van der Waals surface area contributed by atoms with Crippen molar-refractivity contribution in [3.8, 4) is 0 Å². The zero-order valence-electron chi connectivity index (χ0n) is 11.5. The highest BCUT2D eigenvalue weighted by molar-refractivity contribution is 5.42. The number of aryl methyl sites for hydroxylation is 2. The highest BCUT2D eigenvalue weighted by Gasteiger charge is 2.29. The van der Waals surface area contributed by atoms with Gasteiger partial charge in [-0.1, -0.05) is 50.3 Å². The van der Waals surface area contributed by atoms with Gasteiger partial charge in [-0.25, -0.2) is 0 Å². The maximum Gasteiger partial charge on any atom is 0.00445 e. The summed E-state index contributed by atoms with van der Waals surface area (Å²) < 4.78 is 0. The summed E-state index contributed by atoms with van der Waals surface area (Å²) in [6, 6.07) is 4.70.